The summed E-state index contributed by atoms with van der Waals surface area (Å²) < 4.78 is 40.2. The zero-order valence-corrected chi connectivity index (χ0v) is 12.1. The number of hydrogen-bond donors (Lipinski definition) is 2. The van der Waals surface area contributed by atoms with E-state index in [0.717, 1.165) is 6.07 Å². The summed E-state index contributed by atoms with van der Waals surface area (Å²) in [6.07, 6.45) is 0. The second-order valence-corrected chi connectivity index (χ2v) is 5.93. The van der Waals surface area contributed by atoms with Gasteiger partial charge in [-0.1, -0.05) is 6.07 Å². The molecule has 0 aliphatic rings. The zero-order valence-electron chi connectivity index (χ0n) is 11.3. The SMILES string of the molecule is NS(=O)(=O)c1ccc(NC(=O)COc2cccc(F)c2)cc1. The molecule has 0 fully saturated rings. The molecule has 6 nitrogen and oxygen atoms in total. The lowest BCUT2D eigenvalue weighted by molar-refractivity contribution is -0.118. The van der Waals surface area contributed by atoms with Crippen LogP contribution < -0.4 is 15.2 Å². The first-order valence-corrected chi connectivity index (χ1v) is 7.70. The van der Waals surface area contributed by atoms with Crippen molar-refractivity contribution in [1.29, 1.82) is 0 Å². The number of nitrogens with two attached hydrogens (primary N) is 1. The summed E-state index contributed by atoms with van der Waals surface area (Å²) in [5.41, 5.74) is 0.389. The highest BCUT2D eigenvalue weighted by molar-refractivity contribution is 7.89. The lowest BCUT2D eigenvalue weighted by Crippen LogP contribution is -2.20. The average molecular weight is 324 g/mol. The molecule has 0 spiro atoms. The number of carbonyl (C=O) groups is 1. The summed E-state index contributed by atoms with van der Waals surface area (Å²) in [5, 5.41) is 7.48. The monoisotopic (exact) mass is 324 g/mol. The molecule has 0 radical (unpaired) electrons. The maximum Gasteiger partial charge on any atom is 0.262 e. The van der Waals surface area contributed by atoms with Crippen molar-refractivity contribution in [3.8, 4) is 5.75 Å². The third-order valence-corrected chi connectivity index (χ3v) is 3.56. The van der Waals surface area contributed by atoms with E-state index in [2.05, 4.69) is 5.32 Å². The number of anilines is 1. The van der Waals surface area contributed by atoms with Crippen LogP contribution in [-0.4, -0.2) is 20.9 Å². The van der Waals surface area contributed by atoms with Crippen molar-refractivity contribution in [3.63, 3.8) is 0 Å². The number of carbonyl (C=O) groups excluding carboxylic acids is 1. The van der Waals surface area contributed by atoms with Crippen LogP contribution in [0.3, 0.4) is 0 Å². The number of nitrogens with one attached hydrogen (secondary N) is 1. The van der Waals surface area contributed by atoms with Gasteiger partial charge >= 0.3 is 0 Å². The molecule has 0 aromatic heterocycles. The van der Waals surface area contributed by atoms with E-state index in [1.54, 1.807) is 0 Å². The molecule has 22 heavy (non-hydrogen) atoms. The molecule has 0 heterocycles. The highest BCUT2D eigenvalue weighted by atomic mass is 32.2. The van der Waals surface area contributed by atoms with Gasteiger partial charge in [-0.05, 0) is 36.4 Å². The smallest absolute Gasteiger partial charge is 0.262 e. The lowest BCUT2D eigenvalue weighted by Gasteiger charge is -2.08. The number of hydrogen-bond acceptors (Lipinski definition) is 4. The van der Waals surface area contributed by atoms with E-state index < -0.39 is 21.7 Å². The van der Waals surface area contributed by atoms with Gasteiger partial charge in [0.05, 0.1) is 4.90 Å². The molecule has 2 aromatic carbocycles. The van der Waals surface area contributed by atoms with Gasteiger partial charge in [0.1, 0.15) is 11.6 Å². The standard InChI is InChI=1S/C14H13FN2O4S/c15-10-2-1-3-12(8-10)21-9-14(18)17-11-4-6-13(7-5-11)22(16,19)20/h1-8H,9H2,(H,17,18)(H2,16,19,20). The summed E-state index contributed by atoms with van der Waals surface area (Å²) in [7, 11) is -3.77. The van der Waals surface area contributed by atoms with Crippen molar-refractivity contribution in [2.45, 2.75) is 4.90 Å². The molecular weight excluding hydrogens is 311 g/mol. The molecule has 0 aliphatic heterocycles. The van der Waals surface area contributed by atoms with Gasteiger partial charge in [-0.25, -0.2) is 17.9 Å². The fourth-order valence-electron chi connectivity index (χ4n) is 1.63. The van der Waals surface area contributed by atoms with Gasteiger partial charge in [-0.2, -0.15) is 0 Å². The van der Waals surface area contributed by atoms with E-state index in [9.17, 15) is 17.6 Å². The Morgan fingerprint density at radius 3 is 2.45 bits per heavy atom. The normalized spacial score (nSPS) is 11.0. The molecule has 116 valence electrons. The van der Waals surface area contributed by atoms with Gasteiger partial charge in [-0.3, -0.25) is 4.79 Å². The molecule has 2 rings (SSSR count). The highest BCUT2D eigenvalue weighted by Gasteiger charge is 2.08. The maximum atomic E-state index is 12.9. The van der Waals surface area contributed by atoms with Gasteiger partial charge in [0.15, 0.2) is 6.61 Å². The quantitative estimate of drug-likeness (QED) is 0.870. The molecule has 2 aromatic rings. The van der Waals surface area contributed by atoms with Crippen LogP contribution in [0.1, 0.15) is 0 Å². The Labute approximate surface area is 126 Å². The Morgan fingerprint density at radius 2 is 1.86 bits per heavy atom. The van der Waals surface area contributed by atoms with Gasteiger partial charge in [0.25, 0.3) is 5.91 Å². The first-order valence-electron chi connectivity index (χ1n) is 6.16. The van der Waals surface area contributed by atoms with E-state index in [0.29, 0.717) is 5.69 Å². The van der Waals surface area contributed by atoms with Crippen LogP contribution in [0.15, 0.2) is 53.4 Å². The molecule has 0 atom stereocenters. The van der Waals surface area contributed by atoms with Crippen molar-refractivity contribution < 1.29 is 22.3 Å². The fraction of sp³-hybridized carbons (Fsp3) is 0.0714. The molecule has 3 N–H and O–H groups in total. The van der Waals surface area contributed by atoms with E-state index in [4.69, 9.17) is 9.88 Å². The van der Waals surface area contributed by atoms with E-state index in [1.165, 1.54) is 42.5 Å². The predicted molar refractivity (Wildman–Crippen MR) is 78.3 cm³/mol. The number of ether oxygens (including phenoxy) is 1. The third kappa shape index (κ3) is 4.54. The Kier molecular flexibility index (Phi) is 4.74. The van der Waals surface area contributed by atoms with E-state index in [-0.39, 0.29) is 17.3 Å². The molecule has 1 amide bonds. The number of primary sulfonamides is 1. The summed E-state index contributed by atoms with van der Waals surface area (Å²) in [4.78, 5) is 11.6. The summed E-state index contributed by atoms with van der Waals surface area (Å²) in [5.74, 6) is -0.691. The average Bonchev–Trinajstić information content (AvgIpc) is 2.45. The van der Waals surface area contributed by atoms with Crippen molar-refractivity contribution in [2.24, 2.45) is 5.14 Å². The van der Waals surface area contributed by atoms with Crippen LogP contribution in [0.4, 0.5) is 10.1 Å². The zero-order chi connectivity index (χ0) is 16.2. The number of halogens is 1. The minimum absolute atomic E-state index is 0.0542. The van der Waals surface area contributed by atoms with Crippen LogP contribution in [0, 0.1) is 5.82 Å². The van der Waals surface area contributed by atoms with Crippen LogP contribution >= 0.6 is 0 Å². The van der Waals surface area contributed by atoms with Crippen molar-refractivity contribution in [2.75, 3.05) is 11.9 Å². The molecular formula is C14H13FN2O4S. The molecule has 0 unspecified atom stereocenters. The van der Waals surface area contributed by atoms with Crippen molar-refractivity contribution in [1.82, 2.24) is 0 Å². The molecule has 0 bridgehead atoms. The lowest BCUT2D eigenvalue weighted by atomic mass is 10.3. The summed E-state index contributed by atoms with van der Waals surface area (Å²) in [6, 6.07) is 10.8. The number of sulfonamides is 1. The Balaban J connectivity index is 1.92. The predicted octanol–water partition coefficient (Wildman–Crippen LogP) is 1.49. The Hall–Kier alpha value is -2.45. The van der Waals surface area contributed by atoms with Crippen molar-refractivity contribution >= 4 is 21.6 Å². The first-order chi connectivity index (χ1) is 10.3. The second-order valence-electron chi connectivity index (χ2n) is 4.36. The van der Waals surface area contributed by atoms with E-state index in [1.807, 2.05) is 0 Å². The van der Waals surface area contributed by atoms with Crippen molar-refractivity contribution in [3.05, 3.63) is 54.3 Å². The fourth-order valence-corrected chi connectivity index (χ4v) is 2.15. The highest BCUT2D eigenvalue weighted by Crippen LogP contribution is 2.14. The summed E-state index contributed by atoms with van der Waals surface area (Å²) in [6.45, 7) is -0.305. The van der Waals surface area contributed by atoms with E-state index >= 15 is 0 Å². The Bertz CT molecular complexity index is 776. The third-order valence-electron chi connectivity index (χ3n) is 2.63. The van der Waals surface area contributed by atoms with Crippen LogP contribution in [0.5, 0.6) is 5.75 Å². The van der Waals surface area contributed by atoms with Crippen LogP contribution in [-0.2, 0) is 14.8 Å². The Morgan fingerprint density at radius 1 is 1.18 bits per heavy atom. The molecule has 0 saturated heterocycles. The van der Waals surface area contributed by atoms with Gasteiger partial charge in [0, 0.05) is 11.8 Å². The largest absolute Gasteiger partial charge is 0.484 e. The minimum atomic E-state index is -3.77. The second kappa shape index (κ2) is 6.54. The van der Waals surface area contributed by atoms with Crippen LogP contribution in [0.25, 0.3) is 0 Å². The summed E-state index contributed by atoms with van der Waals surface area (Å²) >= 11 is 0. The molecule has 8 heteroatoms. The van der Waals surface area contributed by atoms with Crippen LogP contribution in [0.2, 0.25) is 0 Å². The minimum Gasteiger partial charge on any atom is -0.484 e. The van der Waals surface area contributed by atoms with Gasteiger partial charge in [0.2, 0.25) is 10.0 Å². The molecule has 0 saturated carbocycles. The topological polar surface area (TPSA) is 98.5 Å². The van der Waals surface area contributed by atoms with Gasteiger partial charge < -0.3 is 10.1 Å². The number of amides is 1. The van der Waals surface area contributed by atoms with Gasteiger partial charge in [-0.15, -0.1) is 0 Å². The first kappa shape index (κ1) is 15.9. The number of rotatable bonds is 5. The maximum absolute atomic E-state index is 12.9. The molecule has 0 aliphatic carbocycles. The number of benzene rings is 2.